The molecule has 128 valence electrons. The Morgan fingerprint density at radius 3 is 2.92 bits per heavy atom. The second-order valence-corrected chi connectivity index (χ2v) is 7.48. The number of hydrogen-bond donors (Lipinski definition) is 2. The molecular formula is C16H18ClN3O2S2. The number of nitrogens with zero attached hydrogens (tertiary/aromatic N) is 1. The van der Waals surface area contributed by atoms with Crippen LogP contribution in [0.5, 0.6) is 0 Å². The molecule has 24 heavy (non-hydrogen) atoms. The first kappa shape index (κ1) is 18.9. The van der Waals surface area contributed by atoms with Crippen molar-refractivity contribution in [1.29, 1.82) is 0 Å². The molecule has 0 aliphatic carbocycles. The molecule has 2 N–H and O–H groups in total. The van der Waals surface area contributed by atoms with Gasteiger partial charge in [0.2, 0.25) is 5.91 Å². The van der Waals surface area contributed by atoms with Crippen LogP contribution in [0.25, 0.3) is 0 Å². The summed E-state index contributed by atoms with van der Waals surface area (Å²) in [5.41, 5.74) is 1.39. The Morgan fingerprint density at radius 1 is 1.38 bits per heavy atom. The van der Waals surface area contributed by atoms with Crippen molar-refractivity contribution in [3.63, 3.8) is 0 Å². The quantitative estimate of drug-likeness (QED) is 0.541. The maximum atomic E-state index is 11.9. The van der Waals surface area contributed by atoms with Crippen molar-refractivity contribution in [3.05, 3.63) is 57.0 Å². The minimum Gasteiger partial charge on any atom is -0.351 e. The van der Waals surface area contributed by atoms with E-state index in [1.807, 2.05) is 18.2 Å². The zero-order valence-electron chi connectivity index (χ0n) is 13.2. The highest BCUT2D eigenvalue weighted by Gasteiger charge is 2.07. The van der Waals surface area contributed by atoms with Gasteiger partial charge in [0.15, 0.2) is 5.16 Å². The molecule has 1 aromatic heterocycles. The van der Waals surface area contributed by atoms with E-state index in [2.05, 4.69) is 22.2 Å². The Kier molecular flexibility index (Phi) is 7.68. The fraction of sp³-hybridized carbons (Fsp3) is 0.312. The molecule has 5 nitrogen and oxygen atoms in total. The molecule has 1 aromatic carbocycles. The first-order valence-electron chi connectivity index (χ1n) is 7.39. The summed E-state index contributed by atoms with van der Waals surface area (Å²) in [5.74, 6) is 1.68. The molecule has 0 atom stereocenters. The predicted molar refractivity (Wildman–Crippen MR) is 101 cm³/mol. The second kappa shape index (κ2) is 9.76. The van der Waals surface area contributed by atoms with Crippen LogP contribution in [-0.2, 0) is 17.1 Å². The van der Waals surface area contributed by atoms with E-state index < -0.39 is 0 Å². The van der Waals surface area contributed by atoms with Crippen LogP contribution in [-0.4, -0.2) is 27.4 Å². The highest BCUT2D eigenvalue weighted by molar-refractivity contribution is 7.99. The molecule has 0 aliphatic rings. The minimum atomic E-state index is -0.198. The van der Waals surface area contributed by atoms with Crippen molar-refractivity contribution in [2.45, 2.75) is 24.4 Å². The Morgan fingerprint density at radius 2 is 2.17 bits per heavy atom. The Labute approximate surface area is 154 Å². The summed E-state index contributed by atoms with van der Waals surface area (Å²) in [7, 11) is 0. The monoisotopic (exact) mass is 383 g/mol. The van der Waals surface area contributed by atoms with Crippen molar-refractivity contribution < 1.29 is 4.79 Å². The lowest BCUT2D eigenvalue weighted by Gasteiger charge is -2.07. The van der Waals surface area contributed by atoms with E-state index in [1.54, 1.807) is 17.8 Å². The number of hydrogen-bond acceptors (Lipinski definition) is 5. The standard InChI is InChI=1S/C16H18ClN3O2S2/c1-2-23-9-12-7-14(21)20-16(19-12)24-10-15(22)18-8-11-5-3-4-6-13(11)17/h3-7H,2,8-10H2,1H3,(H,18,22)(H,19,20,21). The molecule has 0 aliphatic heterocycles. The lowest BCUT2D eigenvalue weighted by Crippen LogP contribution is -2.25. The average molecular weight is 384 g/mol. The molecule has 0 fully saturated rings. The Bertz CT molecular complexity index is 752. The molecule has 0 bridgehead atoms. The van der Waals surface area contributed by atoms with Crippen LogP contribution in [0.1, 0.15) is 18.2 Å². The van der Waals surface area contributed by atoms with Gasteiger partial charge < -0.3 is 10.3 Å². The van der Waals surface area contributed by atoms with Crippen LogP contribution in [0, 0.1) is 0 Å². The molecule has 0 spiro atoms. The molecular weight excluding hydrogens is 366 g/mol. The second-order valence-electron chi connectivity index (χ2n) is 4.84. The molecule has 2 aromatic rings. The molecule has 8 heteroatoms. The number of nitrogens with one attached hydrogen (secondary N) is 2. The Balaban J connectivity index is 1.86. The van der Waals surface area contributed by atoms with Crippen molar-refractivity contribution in [2.75, 3.05) is 11.5 Å². The molecule has 2 rings (SSSR count). The fourth-order valence-corrected chi connectivity index (χ4v) is 3.34. The zero-order valence-corrected chi connectivity index (χ0v) is 15.6. The maximum Gasteiger partial charge on any atom is 0.251 e. The van der Waals surface area contributed by atoms with Crippen LogP contribution in [0.4, 0.5) is 0 Å². The van der Waals surface area contributed by atoms with E-state index in [4.69, 9.17) is 11.6 Å². The van der Waals surface area contributed by atoms with Gasteiger partial charge in [-0.05, 0) is 17.4 Å². The van der Waals surface area contributed by atoms with E-state index in [1.165, 1.54) is 17.8 Å². The zero-order chi connectivity index (χ0) is 17.4. The van der Waals surface area contributed by atoms with Crippen LogP contribution < -0.4 is 10.9 Å². The van der Waals surface area contributed by atoms with E-state index in [0.29, 0.717) is 22.5 Å². The third kappa shape index (κ3) is 6.22. The Hall–Kier alpha value is -1.44. The van der Waals surface area contributed by atoms with E-state index in [9.17, 15) is 9.59 Å². The van der Waals surface area contributed by atoms with E-state index in [0.717, 1.165) is 17.0 Å². The van der Waals surface area contributed by atoms with Crippen molar-refractivity contribution in [3.8, 4) is 0 Å². The number of amides is 1. The number of benzene rings is 1. The summed E-state index contributed by atoms with van der Waals surface area (Å²) < 4.78 is 0. The van der Waals surface area contributed by atoms with Crippen molar-refractivity contribution in [1.82, 2.24) is 15.3 Å². The van der Waals surface area contributed by atoms with Crippen LogP contribution >= 0.6 is 35.1 Å². The summed E-state index contributed by atoms with van der Waals surface area (Å²) in [5, 5.41) is 3.89. The number of aromatic amines is 1. The normalized spacial score (nSPS) is 10.6. The number of H-pyrrole nitrogens is 1. The van der Waals surface area contributed by atoms with Crippen LogP contribution in [0.15, 0.2) is 40.3 Å². The number of carbonyl (C=O) groups excluding carboxylic acids is 1. The van der Waals surface area contributed by atoms with Crippen molar-refractivity contribution in [2.24, 2.45) is 0 Å². The first-order chi connectivity index (χ1) is 11.6. The van der Waals surface area contributed by atoms with Gasteiger partial charge in [0.1, 0.15) is 0 Å². The van der Waals surface area contributed by atoms with Gasteiger partial charge in [-0.25, -0.2) is 4.98 Å². The van der Waals surface area contributed by atoms with Crippen LogP contribution in [0.3, 0.4) is 0 Å². The van der Waals surface area contributed by atoms with Gasteiger partial charge in [-0.15, -0.1) is 0 Å². The van der Waals surface area contributed by atoms with Gasteiger partial charge in [-0.1, -0.05) is 48.5 Å². The van der Waals surface area contributed by atoms with Gasteiger partial charge in [0.25, 0.3) is 5.56 Å². The summed E-state index contributed by atoms with van der Waals surface area (Å²) in [4.78, 5) is 30.6. The molecule has 0 unspecified atom stereocenters. The number of rotatable bonds is 8. The topological polar surface area (TPSA) is 74.8 Å². The third-order valence-corrected chi connectivity index (χ3v) is 5.15. The fourth-order valence-electron chi connectivity index (χ4n) is 1.85. The number of thioether (sulfide) groups is 2. The van der Waals surface area contributed by atoms with Gasteiger partial charge in [0.05, 0.1) is 11.4 Å². The largest absolute Gasteiger partial charge is 0.351 e. The summed E-state index contributed by atoms with van der Waals surface area (Å²) in [6.45, 7) is 2.42. The summed E-state index contributed by atoms with van der Waals surface area (Å²) in [6.07, 6.45) is 0. The van der Waals surface area contributed by atoms with E-state index >= 15 is 0 Å². The van der Waals surface area contributed by atoms with Gasteiger partial charge >= 0.3 is 0 Å². The SMILES string of the molecule is CCSCc1cc(=O)[nH]c(SCC(=O)NCc2ccccc2Cl)n1. The minimum absolute atomic E-state index is 0.143. The van der Waals surface area contributed by atoms with Crippen molar-refractivity contribution >= 4 is 41.0 Å². The molecule has 0 radical (unpaired) electrons. The predicted octanol–water partition coefficient (Wildman–Crippen LogP) is 3.08. The highest BCUT2D eigenvalue weighted by atomic mass is 35.5. The number of carbonyl (C=O) groups is 1. The highest BCUT2D eigenvalue weighted by Crippen LogP contribution is 2.16. The van der Waals surface area contributed by atoms with E-state index in [-0.39, 0.29) is 17.2 Å². The first-order valence-corrected chi connectivity index (χ1v) is 9.91. The van der Waals surface area contributed by atoms with Gasteiger partial charge in [0, 0.05) is 23.4 Å². The number of aromatic nitrogens is 2. The smallest absolute Gasteiger partial charge is 0.251 e. The average Bonchev–Trinajstić information content (AvgIpc) is 2.57. The molecule has 1 amide bonds. The molecule has 1 heterocycles. The van der Waals surface area contributed by atoms with Gasteiger partial charge in [-0.2, -0.15) is 11.8 Å². The summed E-state index contributed by atoms with van der Waals surface area (Å²) >= 11 is 8.95. The van der Waals surface area contributed by atoms with Gasteiger partial charge in [-0.3, -0.25) is 9.59 Å². The van der Waals surface area contributed by atoms with Crippen LogP contribution in [0.2, 0.25) is 5.02 Å². The molecule has 0 saturated carbocycles. The maximum absolute atomic E-state index is 11.9. The lowest BCUT2D eigenvalue weighted by atomic mass is 10.2. The lowest BCUT2D eigenvalue weighted by molar-refractivity contribution is -0.118. The third-order valence-electron chi connectivity index (χ3n) is 3.00. The summed E-state index contributed by atoms with van der Waals surface area (Å²) in [6, 6.07) is 8.85. The molecule has 0 saturated heterocycles. The number of halogens is 1.